The second-order valence-electron chi connectivity index (χ2n) is 4.81. The van der Waals surface area contributed by atoms with Gasteiger partial charge in [-0.2, -0.15) is 0 Å². The van der Waals surface area contributed by atoms with Gasteiger partial charge in [0.1, 0.15) is 0 Å². The Bertz CT molecular complexity index is 166. The van der Waals surface area contributed by atoms with E-state index in [-0.39, 0.29) is 0 Å². The second-order valence-corrected chi connectivity index (χ2v) is 4.81. The molecule has 1 N–H and O–H groups in total. The molecule has 0 spiro atoms. The third-order valence-electron chi connectivity index (χ3n) is 3.81. The van der Waals surface area contributed by atoms with E-state index in [1.807, 2.05) is 7.11 Å². The number of nitrogens with one attached hydrogen (secondary N) is 1. The highest BCUT2D eigenvalue weighted by Crippen LogP contribution is 2.24. The van der Waals surface area contributed by atoms with Crippen LogP contribution in [0.2, 0.25) is 0 Å². The SMILES string of the molecule is CO[C@@H]1CCCC[C@@H]1NC1CCCC1. The monoisotopic (exact) mass is 197 g/mol. The van der Waals surface area contributed by atoms with Crippen LogP contribution in [0.3, 0.4) is 0 Å². The third kappa shape index (κ3) is 2.48. The van der Waals surface area contributed by atoms with Crippen molar-refractivity contribution in [2.24, 2.45) is 0 Å². The number of hydrogen-bond donors (Lipinski definition) is 1. The van der Waals surface area contributed by atoms with Gasteiger partial charge in [0.25, 0.3) is 0 Å². The summed E-state index contributed by atoms with van der Waals surface area (Å²) in [6.45, 7) is 0. The average molecular weight is 197 g/mol. The number of rotatable bonds is 3. The van der Waals surface area contributed by atoms with E-state index in [0.29, 0.717) is 12.1 Å². The van der Waals surface area contributed by atoms with Crippen LogP contribution in [0.4, 0.5) is 0 Å². The predicted molar refractivity (Wildman–Crippen MR) is 58.4 cm³/mol. The summed E-state index contributed by atoms with van der Waals surface area (Å²) in [6, 6.07) is 1.42. The van der Waals surface area contributed by atoms with E-state index in [2.05, 4.69) is 5.32 Å². The minimum Gasteiger partial charge on any atom is -0.380 e. The Kier molecular flexibility index (Phi) is 3.82. The molecule has 2 heteroatoms. The molecule has 0 aliphatic heterocycles. The summed E-state index contributed by atoms with van der Waals surface area (Å²) in [6.07, 6.45) is 11.4. The number of hydrogen-bond acceptors (Lipinski definition) is 2. The van der Waals surface area contributed by atoms with Crippen molar-refractivity contribution in [3.63, 3.8) is 0 Å². The Morgan fingerprint density at radius 3 is 2.29 bits per heavy atom. The second kappa shape index (κ2) is 5.13. The van der Waals surface area contributed by atoms with Gasteiger partial charge in [0, 0.05) is 19.2 Å². The van der Waals surface area contributed by atoms with E-state index >= 15 is 0 Å². The average Bonchev–Trinajstić information content (AvgIpc) is 2.71. The minimum absolute atomic E-state index is 0.476. The molecule has 0 heterocycles. The summed E-state index contributed by atoms with van der Waals surface area (Å²) >= 11 is 0. The van der Waals surface area contributed by atoms with Gasteiger partial charge in [-0.1, -0.05) is 25.7 Å². The third-order valence-corrected chi connectivity index (χ3v) is 3.81. The molecule has 0 amide bonds. The topological polar surface area (TPSA) is 21.3 Å². The Morgan fingerprint density at radius 2 is 1.57 bits per heavy atom. The molecule has 0 saturated heterocycles. The zero-order valence-electron chi connectivity index (χ0n) is 9.30. The first-order valence-electron chi connectivity index (χ1n) is 6.19. The van der Waals surface area contributed by atoms with Gasteiger partial charge in [-0.3, -0.25) is 0 Å². The van der Waals surface area contributed by atoms with Gasteiger partial charge in [0.15, 0.2) is 0 Å². The molecule has 0 unspecified atom stereocenters. The molecule has 2 atom stereocenters. The highest BCUT2D eigenvalue weighted by Gasteiger charge is 2.27. The summed E-state index contributed by atoms with van der Waals surface area (Å²) in [7, 11) is 1.86. The van der Waals surface area contributed by atoms with Crippen molar-refractivity contribution in [3.05, 3.63) is 0 Å². The number of ether oxygens (including phenoxy) is 1. The molecule has 0 radical (unpaired) electrons. The van der Waals surface area contributed by atoms with Gasteiger partial charge in [0.05, 0.1) is 6.10 Å². The molecule has 0 aromatic rings. The van der Waals surface area contributed by atoms with Gasteiger partial charge in [-0.15, -0.1) is 0 Å². The molecule has 2 nitrogen and oxygen atoms in total. The van der Waals surface area contributed by atoms with Crippen molar-refractivity contribution in [1.29, 1.82) is 0 Å². The minimum atomic E-state index is 0.476. The Balaban J connectivity index is 1.81. The van der Waals surface area contributed by atoms with Gasteiger partial charge in [-0.05, 0) is 25.7 Å². The molecule has 14 heavy (non-hydrogen) atoms. The molecule has 2 rings (SSSR count). The quantitative estimate of drug-likeness (QED) is 0.750. The smallest absolute Gasteiger partial charge is 0.0724 e. The lowest BCUT2D eigenvalue weighted by Crippen LogP contribution is -2.46. The zero-order valence-corrected chi connectivity index (χ0v) is 9.30. The standard InChI is InChI=1S/C12H23NO/c1-14-12-9-5-4-8-11(12)13-10-6-2-3-7-10/h10-13H,2-9H2,1H3/t11-,12+/m0/s1. The van der Waals surface area contributed by atoms with Gasteiger partial charge in [-0.25, -0.2) is 0 Å². The van der Waals surface area contributed by atoms with Crippen LogP contribution in [0, 0.1) is 0 Å². The van der Waals surface area contributed by atoms with Crippen molar-refractivity contribution >= 4 is 0 Å². The maximum atomic E-state index is 5.55. The Labute approximate surface area is 87.4 Å². The summed E-state index contributed by atoms with van der Waals surface area (Å²) in [5.41, 5.74) is 0. The normalized spacial score (nSPS) is 34.9. The van der Waals surface area contributed by atoms with Crippen LogP contribution in [0.5, 0.6) is 0 Å². The lowest BCUT2D eigenvalue weighted by molar-refractivity contribution is 0.0380. The van der Waals surface area contributed by atoms with E-state index < -0.39 is 0 Å². The van der Waals surface area contributed by atoms with Crippen LogP contribution in [0.15, 0.2) is 0 Å². The summed E-state index contributed by atoms with van der Waals surface area (Å²) in [5.74, 6) is 0. The molecule has 82 valence electrons. The highest BCUT2D eigenvalue weighted by molar-refractivity contribution is 4.86. The molecule has 0 bridgehead atoms. The first-order chi connectivity index (χ1) is 6.90. The molecule has 0 aromatic carbocycles. The van der Waals surface area contributed by atoms with E-state index in [0.717, 1.165) is 6.04 Å². The maximum absolute atomic E-state index is 5.55. The molecule has 0 aromatic heterocycles. The van der Waals surface area contributed by atoms with Crippen molar-refractivity contribution in [1.82, 2.24) is 5.32 Å². The summed E-state index contributed by atoms with van der Waals surface area (Å²) in [4.78, 5) is 0. The van der Waals surface area contributed by atoms with Crippen molar-refractivity contribution in [3.8, 4) is 0 Å². The summed E-state index contributed by atoms with van der Waals surface area (Å²) < 4.78 is 5.55. The lowest BCUT2D eigenvalue weighted by Gasteiger charge is -2.33. The van der Waals surface area contributed by atoms with E-state index in [9.17, 15) is 0 Å². The van der Waals surface area contributed by atoms with Gasteiger partial charge >= 0.3 is 0 Å². The molecule has 2 aliphatic carbocycles. The van der Waals surface area contributed by atoms with Crippen LogP contribution in [0.1, 0.15) is 51.4 Å². The van der Waals surface area contributed by atoms with Crippen molar-refractivity contribution in [2.45, 2.75) is 69.6 Å². The Morgan fingerprint density at radius 1 is 0.929 bits per heavy atom. The van der Waals surface area contributed by atoms with Crippen LogP contribution in [0.25, 0.3) is 0 Å². The molecule has 2 saturated carbocycles. The molecule has 2 aliphatic rings. The fourth-order valence-corrected chi connectivity index (χ4v) is 2.96. The lowest BCUT2D eigenvalue weighted by atomic mass is 9.91. The van der Waals surface area contributed by atoms with Crippen molar-refractivity contribution < 1.29 is 4.74 Å². The van der Waals surface area contributed by atoms with Crippen molar-refractivity contribution in [2.75, 3.05) is 7.11 Å². The largest absolute Gasteiger partial charge is 0.380 e. The van der Waals surface area contributed by atoms with Crippen LogP contribution < -0.4 is 5.32 Å². The highest BCUT2D eigenvalue weighted by atomic mass is 16.5. The van der Waals surface area contributed by atoms with Gasteiger partial charge < -0.3 is 10.1 Å². The number of methoxy groups -OCH3 is 1. The zero-order chi connectivity index (χ0) is 9.80. The van der Waals surface area contributed by atoms with Gasteiger partial charge in [0.2, 0.25) is 0 Å². The molecular formula is C12H23NO. The van der Waals surface area contributed by atoms with E-state index in [1.54, 1.807) is 0 Å². The van der Waals surface area contributed by atoms with Crippen LogP contribution in [-0.4, -0.2) is 25.3 Å². The van der Waals surface area contributed by atoms with Crippen LogP contribution >= 0.6 is 0 Å². The fraction of sp³-hybridized carbons (Fsp3) is 1.00. The molecular weight excluding hydrogens is 174 g/mol. The Hall–Kier alpha value is -0.0800. The van der Waals surface area contributed by atoms with E-state index in [1.165, 1.54) is 51.4 Å². The van der Waals surface area contributed by atoms with Crippen LogP contribution in [-0.2, 0) is 4.74 Å². The first-order valence-corrected chi connectivity index (χ1v) is 6.19. The summed E-state index contributed by atoms with van der Waals surface area (Å²) in [5, 5.41) is 3.79. The van der Waals surface area contributed by atoms with E-state index in [4.69, 9.17) is 4.74 Å². The first kappa shape index (κ1) is 10.4. The molecule has 2 fully saturated rings. The fourth-order valence-electron chi connectivity index (χ4n) is 2.96. The predicted octanol–water partition coefficient (Wildman–Crippen LogP) is 2.48. The maximum Gasteiger partial charge on any atom is 0.0724 e.